The fourth-order valence-corrected chi connectivity index (χ4v) is 9.76. The average Bonchev–Trinajstić information content (AvgIpc) is 3.88. The first-order valence-corrected chi connectivity index (χ1v) is 21.7. The molecule has 5 nitrogen and oxygen atoms in total. The lowest BCUT2D eigenvalue weighted by Crippen LogP contribution is -2.01. The Morgan fingerprint density at radius 3 is 1.58 bits per heavy atom. The van der Waals surface area contributed by atoms with E-state index in [1.54, 1.807) is 0 Å². The molecule has 0 fully saturated rings. The fourth-order valence-electron chi connectivity index (χ4n) is 9.76. The number of para-hydroxylation sites is 1. The third-order valence-electron chi connectivity index (χ3n) is 12.7. The molecule has 0 spiro atoms. The zero-order valence-corrected chi connectivity index (χ0v) is 34.6. The topological polar surface area (TPSA) is 48.5 Å². The van der Waals surface area contributed by atoms with Crippen LogP contribution < -0.4 is 0 Å². The largest absolute Gasteiger partial charge is 0.309 e. The van der Waals surface area contributed by atoms with Gasteiger partial charge in [-0.3, -0.25) is 0 Å². The highest BCUT2D eigenvalue weighted by Gasteiger charge is 2.20. The Balaban J connectivity index is 0.992. The minimum atomic E-state index is 0.620. The first kappa shape index (κ1) is 36.0. The Bertz CT molecular complexity index is 3940. The van der Waals surface area contributed by atoms with Crippen LogP contribution in [0.4, 0.5) is 0 Å². The molecule has 0 N–H and O–H groups in total. The Morgan fingerprint density at radius 1 is 0.266 bits per heavy atom. The molecule has 0 aliphatic rings. The lowest BCUT2D eigenvalue weighted by Gasteiger charge is -2.13. The van der Waals surface area contributed by atoms with Gasteiger partial charge in [0.15, 0.2) is 17.5 Å². The van der Waals surface area contributed by atoms with Gasteiger partial charge in [0.1, 0.15) is 0 Å². The number of aromatic nitrogens is 5. The van der Waals surface area contributed by atoms with Crippen LogP contribution in [0.15, 0.2) is 224 Å². The highest BCUT2D eigenvalue weighted by molar-refractivity contribution is 6.19. The second-order valence-corrected chi connectivity index (χ2v) is 16.4. The van der Waals surface area contributed by atoms with Crippen molar-refractivity contribution < 1.29 is 0 Å². The van der Waals surface area contributed by atoms with E-state index in [0.717, 1.165) is 50.2 Å². The smallest absolute Gasteiger partial charge is 0.164 e. The highest BCUT2D eigenvalue weighted by atomic mass is 15.0. The van der Waals surface area contributed by atoms with Gasteiger partial charge in [0.05, 0.1) is 22.1 Å². The molecular formula is C59H37N5. The summed E-state index contributed by atoms with van der Waals surface area (Å²) in [5, 5.41) is 9.79. The van der Waals surface area contributed by atoms with Gasteiger partial charge >= 0.3 is 0 Å². The summed E-state index contributed by atoms with van der Waals surface area (Å²) < 4.78 is 4.85. The van der Waals surface area contributed by atoms with Crippen LogP contribution in [0.1, 0.15) is 0 Å². The van der Waals surface area contributed by atoms with Crippen LogP contribution in [0.3, 0.4) is 0 Å². The quantitative estimate of drug-likeness (QED) is 0.168. The summed E-state index contributed by atoms with van der Waals surface area (Å²) in [5.74, 6) is 1.89. The van der Waals surface area contributed by atoms with Gasteiger partial charge in [-0.25, -0.2) is 15.0 Å². The second-order valence-electron chi connectivity index (χ2n) is 16.4. The molecule has 5 heteroatoms. The summed E-state index contributed by atoms with van der Waals surface area (Å²) in [6, 6.07) is 79.9. The van der Waals surface area contributed by atoms with E-state index in [-0.39, 0.29) is 0 Å². The summed E-state index contributed by atoms with van der Waals surface area (Å²) in [4.78, 5) is 15.4. The van der Waals surface area contributed by atoms with Gasteiger partial charge in [-0.15, -0.1) is 0 Å². The lowest BCUT2D eigenvalue weighted by atomic mass is 9.99. The molecule has 13 aromatic rings. The molecule has 3 aromatic heterocycles. The predicted molar refractivity (Wildman–Crippen MR) is 265 cm³/mol. The average molecular weight is 816 g/mol. The summed E-state index contributed by atoms with van der Waals surface area (Å²) in [6.45, 7) is 0. The van der Waals surface area contributed by atoms with E-state index in [1.807, 2.05) is 30.3 Å². The monoisotopic (exact) mass is 815 g/mol. The molecule has 0 amide bonds. The van der Waals surface area contributed by atoms with Crippen molar-refractivity contribution in [3.8, 4) is 56.7 Å². The number of rotatable bonds is 6. The lowest BCUT2D eigenvalue weighted by molar-refractivity contribution is 1.07. The molecule has 298 valence electrons. The molecule has 0 bridgehead atoms. The minimum absolute atomic E-state index is 0.620. The SMILES string of the molecule is c1ccc(-c2nc(-c3ccc(-n4c5ccc(-n6c7ccccc7c7ccc8ccccc8c76)cc5c5cc6ccccc6cc54)cc3)nc(-c3ccccc3-c3ccccc3)n2)cc1. The second kappa shape index (κ2) is 14.5. The summed E-state index contributed by atoms with van der Waals surface area (Å²) in [5.41, 5.74) is 11.9. The first-order chi connectivity index (χ1) is 31.7. The van der Waals surface area contributed by atoms with E-state index in [1.165, 1.54) is 54.1 Å². The molecule has 0 atom stereocenters. The number of hydrogen-bond donors (Lipinski definition) is 0. The Morgan fingerprint density at radius 2 is 0.812 bits per heavy atom. The standard InChI is InChI=1S/C59H37N5/c1-3-15-38(16-4-1)46-22-11-12-25-50(46)59-61-57(40-18-5-2-6-19-40)60-58(62-59)41-27-30-44(31-28-41)63-54-34-32-45(37-52(54)51-35-42-20-7-8-21-43(42)36-55(51)63)64-53-26-14-13-24-48(53)49-33-29-39-17-9-10-23-47(39)56(49)64/h1-37H. The van der Waals surface area contributed by atoms with Gasteiger partial charge in [0.25, 0.3) is 0 Å². The zero-order chi connectivity index (χ0) is 42.1. The van der Waals surface area contributed by atoms with Crippen molar-refractivity contribution in [1.29, 1.82) is 0 Å². The molecule has 13 rings (SSSR count). The molecule has 0 aliphatic carbocycles. The van der Waals surface area contributed by atoms with Crippen molar-refractivity contribution in [2.24, 2.45) is 0 Å². The van der Waals surface area contributed by atoms with Crippen molar-refractivity contribution in [3.05, 3.63) is 224 Å². The molecule has 10 aromatic carbocycles. The predicted octanol–water partition coefficient (Wildman–Crippen LogP) is 15.0. The molecule has 0 aliphatic heterocycles. The molecule has 0 radical (unpaired) electrons. The van der Waals surface area contributed by atoms with Crippen LogP contribution in [0.25, 0.3) is 122 Å². The molecular weight excluding hydrogens is 779 g/mol. The third-order valence-corrected chi connectivity index (χ3v) is 12.7. The normalized spacial score (nSPS) is 11.8. The van der Waals surface area contributed by atoms with E-state index >= 15 is 0 Å². The maximum atomic E-state index is 5.18. The fraction of sp³-hybridized carbons (Fsp3) is 0. The van der Waals surface area contributed by atoms with Gasteiger partial charge in [0.2, 0.25) is 0 Å². The van der Waals surface area contributed by atoms with Crippen molar-refractivity contribution in [3.63, 3.8) is 0 Å². The summed E-state index contributed by atoms with van der Waals surface area (Å²) in [6.07, 6.45) is 0. The summed E-state index contributed by atoms with van der Waals surface area (Å²) >= 11 is 0. The van der Waals surface area contributed by atoms with Crippen molar-refractivity contribution >= 4 is 65.2 Å². The number of hydrogen-bond acceptors (Lipinski definition) is 3. The van der Waals surface area contributed by atoms with Crippen molar-refractivity contribution in [2.75, 3.05) is 0 Å². The Hall–Kier alpha value is -8.67. The zero-order valence-electron chi connectivity index (χ0n) is 34.6. The van der Waals surface area contributed by atoms with Crippen LogP contribution >= 0.6 is 0 Å². The minimum Gasteiger partial charge on any atom is -0.309 e. The van der Waals surface area contributed by atoms with Gasteiger partial charge in [-0.05, 0) is 87.9 Å². The molecule has 0 saturated carbocycles. The van der Waals surface area contributed by atoms with Crippen LogP contribution in [0.5, 0.6) is 0 Å². The molecule has 3 heterocycles. The van der Waals surface area contributed by atoms with Crippen molar-refractivity contribution in [1.82, 2.24) is 24.1 Å². The Labute approximate surface area is 368 Å². The van der Waals surface area contributed by atoms with E-state index in [4.69, 9.17) is 15.0 Å². The van der Waals surface area contributed by atoms with E-state index in [9.17, 15) is 0 Å². The van der Waals surface area contributed by atoms with E-state index in [0.29, 0.717) is 17.5 Å². The first-order valence-electron chi connectivity index (χ1n) is 21.7. The van der Waals surface area contributed by atoms with E-state index < -0.39 is 0 Å². The van der Waals surface area contributed by atoms with E-state index in [2.05, 4.69) is 203 Å². The van der Waals surface area contributed by atoms with Gasteiger partial charge in [-0.1, -0.05) is 164 Å². The van der Waals surface area contributed by atoms with Gasteiger partial charge in [0, 0.05) is 55.0 Å². The maximum absolute atomic E-state index is 5.18. The van der Waals surface area contributed by atoms with Crippen LogP contribution in [-0.4, -0.2) is 24.1 Å². The Kier molecular flexibility index (Phi) is 8.15. The van der Waals surface area contributed by atoms with Crippen molar-refractivity contribution in [2.45, 2.75) is 0 Å². The van der Waals surface area contributed by atoms with Gasteiger partial charge < -0.3 is 9.13 Å². The number of benzene rings is 10. The summed E-state index contributed by atoms with van der Waals surface area (Å²) in [7, 11) is 0. The number of nitrogens with zero attached hydrogens (tertiary/aromatic N) is 5. The number of fused-ring (bicyclic) bond motifs is 9. The third kappa shape index (κ3) is 5.75. The maximum Gasteiger partial charge on any atom is 0.164 e. The highest BCUT2D eigenvalue weighted by Crippen LogP contribution is 2.41. The molecule has 0 unspecified atom stereocenters. The van der Waals surface area contributed by atoms with Crippen LogP contribution in [0, 0.1) is 0 Å². The van der Waals surface area contributed by atoms with Crippen LogP contribution in [0.2, 0.25) is 0 Å². The van der Waals surface area contributed by atoms with Crippen LogP contribution in [-0.2, 0) is 0 Å². The van der Waals surface area contributed by atoms with Gasteiger partial charge in [-0.2, -0.15) is 0 Å². The molecule has 0 saturated heterocycles. The molecule has 64 heavy (non-hydrogen) atoms.